The molecule has 1 unspecified atom stereocenters. The number of nitrogens with zero attached hydrogens (tertiary/aromatic N) is 4. The third kappa shape index (κ3) is 2.57. The Morgan fingerprint density at radius 2 is 2.41 bits per heavy atom. The summed E-state index contributed by atoms with van der Waals surface area (Å²) in [4.78, 5) is 16.4. The van der Waals surface area contributed by atoms with Gasteiger partial charge in [0.15, 0.2) is 0 Å². The SMILES string of the molecule is Cc1cccc(N2CC(CN=[N+]=[N-])CC2=O)c1. The average Bonchev–Trinajstić information content (AvgIpc) is 2.68. The molecule has 0 N–H and O–H groups in total. The van der Waals surface area contributed by atoms with Gasteiger partial charge in [-0.05, 0) is 36.1 Å². The highest BCUT2D eigenvalue weighted by molar-refractivity contribution is 5.95. The van der Waals surface area contributed by atoms with Crippen LogP contribution in [0.2, 0.25) is 0 Å². The lowest BCUT2D eigenvalue weighted by molar-refractivity contribution is -0.117. The van der Waals surface area contributed by atoms with Crippen molar-refractivity contribution in [2.75, 3.05) is 18.0 Å². The van der Waals surface area contributed by atoms with E-state index < -0.39 is 0 Å². The smallest absolute Gasteiger partial charge is 0.227 e. The summed E-state index contributed by atoms with van der Waals surface area (Å²) in [6, 6.07) is 7.87. The van der Waals surface area contributed by atoms with Crippen LogP contribution in [0.1, 0.15) is 12.0 Å². The summed E-state index contributed by atoms with van der Waals surface area (Å²) < 4.78 is 0. The maximum atomic E-state index is 11.9. The first-order valence-corrected chi connectivity index (χ1v) is 5.58. The van der Waals surface area contributed by atoms with Gasteiger partial charge in [0.2, 0.25) is 5.91 Å². The number of hydrogen-bond acceptors (Lipinski definition) is 2. The van der Waals surface area contributed by atoms with Gasteiger partial charge in [0.05, 0.1) is 0 Å². The van der Waals surface area contributed by atoms with Crippen LogP contribution in [0.5, 0.6) is 0 Å². The summed E-state index contributed by atoms with van der Waals surface area (Å²) in [5, 5.41) is 3.54. The van der Waals surface area contributed by atoms with Gasteiger partial charge in [-0.3, -0.25) is 4.79 Å². The number of hydrogen-bond donors (Lipinski definition) is 0. The monoisotopic (exact) mass is 230 g/mol. The van der Waals surface area contributed by atoms with Gasteiger partial charge in [-0.15, -0.1) is 0 Å². The fraction of sp³-hybridized carbons (Fsp3) is 0.417. The number of aryl methyl sites for hydroxylation is 1. The van der Waals surface area contributed by atoms with E-state index in [1.54, 1.807) is 4.90 Å². The van der Waals surface area contributed by atoms with Crippen molar-refractivity contribution in [2.24, 2.45) is 11.0 Å². The number of azide groups is 1. The zero-order valence-electron chi connectivity index (χ0n) is 9.71. The molecule has 1 aliphatic rings. The van der Waals surface area contributed by atoms with Gasteiger partial charge in [0.25, 0.3) is 0 Å². The van der Waals surface area contributed by atoms with Gasteiger partial charge in [0, 0.05) is 30.1 Å². The first kappa shape index (κ1) is 11.5. The maximum absolute atomic E-state index is 11.9. The lowest BCUT2D eigenvalue weighted by atomic mass is 10.1. The van der Waals surface area contributed by atoms with Crippen molar-refractivity contribution >= 4 is 11.6 Å². The van der Waals surface area contributed by atoms with E-state index >= 15 is 0 Å². The topological polar surface area (TPSA) is 69.1 Å². The van der Waals surface area contributed by atoms with Crippen LogP contribution in [-0.2, 0) is 4.79 Å². The van der Waals surface area contributed by atoms with Crippen LogP contribution in [0.15, 0.2) is 29.4 Å². The zero-order chi connectivity index (χ0) is 12.3. The molecule has 0 aromatic heterocycles. The Kier molecular flexibility index (Phi) is 3.30. The van der Waals surface area contributed by atoms with Crippen molar-refractivity contribution < 1.29 is 4.79 Å². The summed E-state index contributed by atoms with van der Waals surface area (Å²) in [5.41, 5.74) is 10.3. The predicted molar refractivity (Wildman–Crippen MR) is 65.7 cm³/mol. The fourth-order valence-electron chi connectivity index (χ4n) is 2.10. The first-order valence-electron chi connectivity index (χ1n) is 5.58. The molecular formula is C12H14N4O. The number of carbonyl (C=O) groups excluding carboxylic acids is 1. The molecule has 1 atom stereocenters. The van der Waals surface area contributed by atoms with E-state index in [1.165, 1.54) is 0 Å². The third-order valence-electron chi connectivity index (χ3n) is 2.92. The normalized spacial score (nSPS) is 19.2. The molecule has 5 nitrogen and oxygen atoms in total. The second-order valence-corrected chi connectivity index (χ2v) is 4.33. The molecule has 0 saturated carbocycles. The molecule has 1 saturated heterocycles. The molecule has 0 radical (unpaired) electrons. The number of amides is 1. The fourth-order valence-corrected chi connectivity index (χ4v) is 2.10. The summed E-state index contributed by atoms with van der Waals surface area (Å²) in [5.74, 6) is 0.243. The predicted octanol–water partition coefficient (Wildman–Crippen LogP) is 2.66. The van der Waals surface area contributed by atoms with E-state index in [-0.39, 0.29) is 11.8 Å². The van der Waals surface area contributed by atoms with Crippen LogP contribution in [0.3, 0.4) is 0 Å². The lowest BCUT2D eigenvalue weighted by Crippen LogP contribution is -2.24. The summed E-state index contributed by atoms with van der Waals surface area (Å²) in [7, 11) is 0. The van der Waals surface area contributed by atoms with Crippen LogP contribution >= 0.6 is 0 Å². The van der Waals surface area contributed by atoms with Gasteiger partial charge >= 0.3 is 0 Å². The van der Waals surface area contributed by atoms with Crippen molar-refractivity contribution in [2.45, 2.75) is 13.3 Å². The molecule has 1 aliphatic heterocycles. The minimum Gasteiger partial charge on any atom is -0.312 e. The van der Waals surface area contributed by atoms with E-state index in [4.69, 9.17) is 5.53 Å². The van der Waals surface area contributed by atoms with E-state index in [0.29, 0.717) is 19.5 Å². The van der Waals surface area contributed by atoms with Gasteiger partial charge in [-0.25, -0.2) is 0 Å². The van der Waals surface area contributed by atoms with E-state index in [0.717, 1.165) is 11.3 Å². The maximum Gasteiger partial charge on any atom is 0.227 e. The van der Waals surface area contributed by atoms with E-state index in [2.05, 4.69) is 10.0 Å². The van der Waals surface area contributed by atoms with E-state index in [9.17, 15) is 4.79 Å². The Labute approximate surface area is 99.7 Å². The minimum absolute atomic E-state index is 0.105. The number of carbonyl (C=O) groups is 1. The first-order chi connectivity index (χ1) is 8.20. The Bertz CT molecular complexity index is 479. The second kappa shape index (κ2) is 4.89. The molecule has 0 spiro atoms. The number of benzene rings is 1. The number of rotatable bonds is 3. The highest BCUT2D eigenvalue weighted by atomic mass is 16.2. The quantitative estimate of drug-likeness (QED) is 0.447. The van der Waals surface area contributed by atoms with Crippen LogP contribution in [0.25, 0.3) is 10.4 Å². The van der Waals surface area contributed by atoms with E-state index in [1.807, 2.05) is 31.2 Å². The summed E-state index contributed by atoms with van der Waals surface area (Å²) >= 11 is 0. The van der Waals surface area contributed by atoms with Crippen LogP contribution in [0, 0.1) is 12.8 Å². The third-order valence-corrected chi connectivity index (χ3v) is 2.92. The van der Waals surface area contributed by atoms with Crippen molar-refractivity contribution in [1.29, 1.82) is 0 Å². The molecule has 2 rings (SSSR count). The largest absolute Gasteiger partial charge is 0.312 e. The molecule has 1 aromatic carbocycles. The molecule has 0 bridgehead atoms. The Hall–Kier alpha value is -2.00. The molecule has 1 amide bonds. The zero-order valence-corrected chi connectivity index (χ0v) is 9.71. The van der Waals surface area contributed by atoms with Crippen LogP contribution < -0.4 is 4.90 Å². The standard InChI is InChI=1S/C12H14N4O/c1-9-3-2-4-11(5-9)16-8-10(6-12(16)17)7-14-15-13/h2-5,10H,6-8H2,1H3. The Morgan fingerprint density at radius 1 is 1.59 bits per heavy atom. The molecule has 88 valence electrons. The highest BCUT2D eigenvalue weighted by Gasteiger charge is 2.29. The van der Waals surface area contributed by atoms with Crippen molar-refractivity contribution in [1.82, 2.24) is 0 Å². The van der Waals surface area contributed by atoms with Gasteiger partial charge in [-0.1, -0.05) is 17.2 Å². The van der Waals surface area contributed by atoms with Crippen LogP contribution in [0.4, 0.5) is 5.69 Å². The Morgan fingerprint density at radius 3 is 3.12 bits per heavy atom. The molecule has 0 aliphatic carbocycles. The molecule has 1 fully saturated rings. The molecule has 1 aromatic rings. The molecule has 17 heavy (non-hydrogen) atoms. The van der Waals surface area contributed by atoms with Crippen molar-refractivity contribution in [3.63, 3.8) is 0 Å². The van der Waals surface area contributed by atoms with Gasteiger partial charge in [0.1, 0.15) is 0 Å². The average molecular weight is 230 g/mol. The summed E-state index contributed by atoms with van der Waals surface area (Å²) in [6.07, 6.45) is 0.465. The Balaban J connectivity index is 2.12. The van der Waals surface area contributed by atoms with Crippen molar-refractivity contribution in [3.8, 4) is 0 Å². The second-order valence-electron chi connectivity index (χ2n) is 4.33. The number of anilines is 1. The van der Waals surface area contributed by atoms with Gasteiger partial charge < -0.3 is 4.90 Å². The molecular weight excluding hydrogens is 216 g/mol. The molecule has 5 heteroatoms. The van der Waals surface area contributed by atoms with Crippen LogP contribution in [-0.4, -0.2) is 19.0 Å². The molecule has 1 heterocycles. The minimum atomic E-state index is 0.105. The highest BCUT2D eigenvalue weighted by Crippen LogP contribution is 2.25. The lowest BCUT2D eigenvalue weighted by Gasteiger charge is -2.16. The summed E-state index contributed by atoms with van der Waals surface area (Å²) in [6.45, 7) is 3.04. The van der Waals surface area contributed by atoms with Gasteiger partial charge in [-0.2, -0.15) is 0 Å². The van der Waals surface area contributed by atoms with Crippen molar-refractivity contribution in [3.05, 3.63) is 40.3 Å².